The molecule has 1 aromatic carbocycles. The van der Waals surface area contributed by atoms with Crippen LogP contribution in [0.5, 0.6) is 0 Å². The fraction of sp³-hybridized carbons (Fsp3) is 0.364. The van der Waals surface area contributed by atoms with Gasteiger partial charge in [0.15, 0.2) is 0 Å². The molecule has 0 saturated carbocycles. The molecule has 1 fully saturated rings. The topological polar surface area (TPSA) is 84.3 Å². The number of rotatable bonds is 3. The number of anilines is 1. The van der Waals surface area contributed by atoms with Crippen LogP contribution in [-0.4, -0.2) is 23.9 Å². The normalized spacial score (nSPS) is 18.9. The molecule has 2 rings (SSSR count). The average molecular weight is 235 g/mol. The summed E-state index contributed by atoms with van der Waals surface area (Å²) in [7, 11) is 0. The lowest BCUT2D eigenvalue weighted by Gasteiger charge is -2.09. The third-order valence-corrected chi connectivity index (χ3v) is 2.79. The second-order valence-corrected chi connectivity index (χ2v) is 3.95. The summed E-state index contributed by atoms with van der Waals surface area (Å²) in [5.41, 5.74) is 0.182. The molecule has 17 heavy (non-hydrogen) atoms. The van der Waals surface area contributed by atoms with Gasteiger partial charge < -0.3 is 10.6 Å². The van der Waals surface area contributed by atoms with Gasteiger partial charge in [0.2, 0.25) is 5.91 Å². The van der Waals surface area contributed by atoms with Gasteiger partial charge in [0.25, 0.3) is 5.69 Å². The number of carbonyl (C=O) groups excluding carboxylic acids is 1. The smallest absolute Gasteiger partial charge is 0.292 e. The summed E-state index contributed by atoms with van der Waals surface area (Å²) in [6, 6.07) is 6.15. The van der Waals surface area contributed by atoms with Crippen LogP contribution >= 0.6 is 0 Å². The predicted molar refractivity (Wildman–Crippen MR) is 62.7 cm³/mol. The van der Waals surface area contributed by atoms with E-state index in [0.29, 0.717) is 6.54 Å². The monoisotopic (exact) mass is 235 g/mol. The highest BCUT2D eigenvalue weighted by molar-refractivity contribution is 5.94. The Balaban J connectivity index is 2.12. The molecule has 0 spiro atoms. The fourth-order valence-electron chi connectivity index (χ4n) is 1.85. The second kappa shape index (κ2) is 4.92. The van der Waals surface area contributed by atoms with E-state index in [0.717, 1.165) is 13.0 Å². The molecule has 6 nitrogen and oxygen atoms in total. The van der Waals surface area contributed by atoms with Crippen LogP contribution in [-0.2, 0) is 4.79 Å². The van der Waals surface area contributed by atoms with Crippen molar-refractivity contribution in [3.8, 4) is 0 Å². The van der Waals surface area contributed by atoms with Crippen molar-refractivity contribution in [2.75, 3.05) is 18.4 Å². The van der Waals surface area contributed by atoms with Crippen molar-refractivity contribution < 1.29 is 9.72 Å². The number of hydrogen-bond donors (Lipinski definition) is 2. The van der Waals surface area contributed by atoms with Crippen molar-refractivity contribution in [2.45, 2.75) is 6.42 Å². The maximum absolute atomic E-state index is 11.8. The Bertz CT molecular complexity index is 441. The summed E-state index contributed by atoms with van der Waals surface area (Å²) in [6.07, 6.45) is 0.770. The first-order valence-corrected chi connectivity index (χ1v) is 5.43. The highest BCUT2D eigenvalue weighted by atomic mass is 16.6. The molecule has 90 valence electrons. The summed E-state index contributed by atoms with van der Waals surface area (Å²) >= 11 is 0. The molecule has 1 saturated heterocycles. The number of amides is 1. The molecule has 0 bridgehead atoms. The standard InChI is InChI=1S/C11H13N3O3/c15-11(8-5-6-12-7-8)13-9-3-1-2-4-10(9)14(16)17/h1-4,8,12H,5-7H2,(H,13,15). The van der Waals surface area contributed by atoms with Crippen LogP contribution in [0.15, 0.2) is 24.3 Å². The Morgan fingerprint density at radius 1 is 1.47 bits per heavy atom. The Hall–Kier alpha value is -1.95. The van der Waals surface area contributed by atoms with Crippen LogP contribution in [0.25, 0.3) is 0 Å². The summed E-state index contributed by atoms with van der Waals surface area (Å²) in [5, 5.41) is 16.5. The van der Waals surface area contributed by atoms with Crippen molar-refractivity contribution in [3.05, 3.63) is 34.4 Å². The van der Waals surface area contributed by atoms with Gasteiger partial charge >= 0.3 is 0 Å². The highest BCUT2D eigenvalue weighted by Crippen LogP contribution is 2.24. The largest absolute Gasteiger partial charge is 0.320 e. The van der Waals surface area contributed by atoms with E-state index in [4.69, 9.17) is 0 Å². The van der Waals surface area contributed by atoms with E-state index in [1.54, 1.807) is 18.2 Å². The van der Waals surface area contributed by atoms with E-state index >= 15 is 0 Å². The third-order valence-electron chi connectivity index (χ3n) is 2.79. The third kappa shape index (κ3) is 2.59. The van der Waals surface area contributed by atoms with E-state index in [1.165, 1.54) is 6.07 Å². The minimum absolute atomic E-state index is 0.0770. The molecule has 1 atom stereocenters. The minimum Gasteiger partial charge on any atom is -0.320 e. The molecule has 1 aromatic rings. The average Bonchev–Trinajstić information content (AvgIpc) is 2.83. The second-order valence-electron chi connectivity index (χ2n) is 3.95. The van der Waals surface area contributed by atoms with E-state index in [2.05, 4.69) is 10.6 Å². The molecule has 0 aliphatic carbocycles. The van der Waals surface area contributed by atoms with Crippen molar-refractivity contribution in [1.82, 2.24) is 5.32 Å². The van der Waals surface area contributed by atoms with Crippen LogP contribution in [0.4, 0.5) is 11.4 Å². The fourth-order valence-corrected chi connectivity index (χ4v) is 1.85. The zero-order valence-corrected chi connectivity index (χ0v) is 9.18. The number of nitro benzene ring substituents is 1. The first-order valence-electron chi connectivity index (χ1n) is 5.43. The molecule has 1 unspecified atom stereocenters. The van der Waals surface area contributed by atoms with Crippen LogP contribution in [0.3, 0.4) is 0 Å². The Morgan fingerprint density at radius 3 is 2.88 bits per heavy atom. The zero-order valence-electron chi connectivity index (χ0n) is 9.18. The zero-order chi connectivity index (χ0) is 12.3. The summed E-state index contributed by atoms with van der Waals surface area (Å²) in [4.78, 5) is 22.1. The number of nitro groups is 1. The van der Waals surface area contributed by atoms with Gasteiger partial charge in [-0.25, -0.2) is 0 Å². The first-order chi connectivity index (χ1) is 8.18. The quantitative estimate of drug-likeness (QED) is 0.607. The van der Waals surface area contributed by atoms with Crippen molar-refractivity contribution in [3.63, 3.8) is 0 Å². The van der Waals surface area contributed by atoms with Crippen LogP contribution < -0.4 is 10.6 Å². The van der Waals surface area contributed by atoms with Gasteiger partial charge in [0.1, 0.15) is 5.69 Å². The lowest BCUT2D eigenvalue weighted by molar-refractivity contribution is -0.383. The maximum atomic E-state index is 11.8. The molecule has 1 aliphatic rings. The molecular formula is C11H13N3O3. The molecule has 1 amide bonds. The Morgan fingerprint density at radius 2 is 2.24 bits per heavy atom. The summed E-state index contributed by atoms with van der Waals surface area (Å²) < 4.78 is 0. The van der Waals surface area contributed by atoms with E-state index in [9.17, 15) is 14.9 Å². The van der Waals surface area contributed by atoms with Crippen LogP contribution in [0.1, 0.15) is 6.42 Å². The number of para-hydroxylation sites is 2. The molecule has 2 N–H and O–H groups in total. The van der Waals surface area contributed by atoms with Crippen LogP contribution in [0.2, 0.25) is 0 Å². The lowest BCUT2D eigenvalue weighted by Crippen LogP contribution is -2.24. The minimum atomic E-state index is -0.498. The first kappa shape index (κ1) is 11.5. The Labute approximate surface area is 98.2 Å². The van der Waals surface area contributed by atoms with Gasteiger partial charge in [-0.2, -0.15) is 0 Å². The van der Waals surface area contributed by atoms with Gasteiger partial charge in [-0.15, -0.1) is 0 Å². The van der Waals surface area contributed by atoms with Gasteiger partial charge in [0.05, 0.1) is 10.8 Å². The number of carbonyl (C=O) groups is 1. The summed E-state index contributed by atoms with van der Waals surface area (Å²) in [6.45, 7) is 1.45. The lowest BCUT2D eigenvalue weighted by atomic mass is 10.1. The van der Waals surface area contributed by atoms with Crippen molar-refractivity contribution >= 4 is 17.3 Å². The predicted octanol–water partition coefficient (Wildman–Crippen LogP) is 1.14. The van der Waals surface area contributed by atoms with Crippen LogP contribution in [0, 0.1) is 16.0 Å². The molecule has 0 aromatic heterocycles. The number of hydrogen-bond acceptors (Lipinski definition) is 4. The summed E-state index contributed by atoms with van der Waals surface area (Å²) in [5.74, 6) is -0.265. The molecular weight excluding hydrogens is 222 g/mol. The number of nitrogens with one attached hydrogen (secondary N) is 2. The molecule has 1 aliphatic heterocycles. The van der Waals surface area contributed by atoms with Gasteiger partial charge in [-0.3, -0.25) is 14.9 Å². The SMILES string of the molecule is O=C(Nc1ccccc1[N+](=O)[O-])C1CCNC1. The highest BCUT2D eigenvalue weighted by Gasteiger charge is 2.24. The van der Waals surface area contributed by atoms with E-state index in [1.807, 2.05) is 0 Å². The van der Waals surface area contributed by atoms with E-state index < -0.39 is 4.92 Å². The van der Waals surface area contributed by atoms with Gasteiger partial charge in [-0.05, 0) is 19.0 Å². The maximum Gasteiger partial charge on any atom is 0.292 e. The van der Waals surface area contributed by atoms with Crippen molar-refractivity contribution in [2.24, 2.45) is 5.92 Å². The van der Waals surface area contributed by atoms with Gasteiger partial charge in [0, 0.05) is 12.6 Å². The van der Waals surface area contributed by atoms with Crippen molar-refractivity contribution in [1.29, 1.82) is 0 Å². The van der Waals surface area contributed by atoms with E-state index in [-0.39, 0.29) is 23.2 Å². The number of benzene rings is 1. The van der Waals surface area contributed by atoms with Gasteiger partial charge in [-0.1, -0.05) is 12.1 Å². The Kier molecular flexibility index (Phi) is 3.34. The molecule has 0 radical (unpaired) electrons. The molecule has 1 heterocycles. The number of nitrogens with zero attached hydrogens (tertiary/aromatic N) is 1. The molecule has 6 heteroatoms.